The molecule has 2 aromatic heterocycles. The molecule has 0 fully saturated rings. The van der Waals surface area contributed by atoms with E-state index < -0.39 is 0 Å². The summed E-state index contributed by atoms with van der Waals surface area (Å²) in [6.45, 7) is 4.14. The van der Waals surface area contributed by atoms with Gasteiger partial charge in [0.1, 0.15) is 0 Å². The number of nitrogens with one attached hydrogen (secondary N) is 2. The van der Waals surface area contributed by atoms with Crippen LogP contribution < -0.4 is 0 Å². The molecule has 0 bridgehead atoms. The highest BCUT2D eigenvalue weighted by Crippen LogP contribution is 2.23. The summed E-state index contributed by atoms with van der Waals surface area (Å²) in [5.74, 6) is 0.909. The summed E-state index contributed by atoms with van der Waals surface area (Å²) >= 11 is 0. The van der Waals surface area contributed by atoms with Crippen molar-refractivity contribution < 1.29 is 0 Å². The van der Waals surface area contributed by atoms with Crippen LogP contribution in [0.1, 0.15) is 11.3 Å². The van der Waals surface area contributed by atoms with E-state index in [1.54, 1.807) is 0 Å². The van der Waals surface area contributed by atoms with E-state index in [0.29, 0.717) is 0 Å². The number of benzene rings is 1. The van der Waals surface area contributed by atoms with Gasteiger partial charge in [0.2, 0.25) is 0 Å². The quantitative estimate of drug-likeness (QED) is 0.638. The summed E-state index contributed by atoms with van der Waals surface area (Å²) in [4.78, 5) is 11.2. The normalized spacial score (nSPS) is 11.1. The topological polar surface area (TPSA) is 44.5 Å². The van der Waals surface area contributed by atoms with Gasteiger partial charge >= 0.3 is 0 Å². The van der Waals surface area contributed by atoms with Crippen LogP contribution in [0.2, 0.25) is 0 Å². The van der Waals surface area contributed by atoms with Crippen molar-refractivity contribution in [3.05, 3.63) is 41.6 Å². The van der Waals surface area contributed by atoms with E-state index in [4.69, 9.17) is 0 Å². The van der Waals surface area contributed by atoms with Crippen molar-refractivity contribution in [3.63, 3.8) is 0 Å². The van der Waals surface area contributed by atoms with Crippen LogP contribution in [0.4, 0.5) is 0 Å². The maximum absolute atomic E-state index is 4.57. The third-order valence-electron chi connectivity index (χ3n) is 2.78. The zero-order chi connectivity index (χ0) is 11.1. The highest BCUT2D eigenvalue weighted by Gasteiger charge is 2.09. The molecule has 3 nitrogen and oxygen atoms in total. The summed E-state index contributed by atoms with van der Waals surface area (Å²) in [6.07, 6.45) is 0. The summed E-state index contributed by atoms with van der Waals surface area (Å²) in [5.41, 5.74) is 5.53. The molecule has 3 heteroatoms. The fourth-order valence-electron chi connectivity index (χ4n) is 2.05. The van der Waals surface area contributed by atoms with Gasteiger partial charge < -0.3 is 9.97 Å². The Balaban J connectivity index is 2.22. The van der Waals surface area contributed by atoms with Crippen LogP contribution in [-0.2, 0) is 0 Å². The lowest BCUT2D eigenvalue weighted by molar-refractivity contribution is 1.21. The van der Waals surface area contributed by atoms with E-state index in [9.17, 15) is 0 Å². The Morgan fingerprint density at radius 2 is 1.88 bits per heavy atom. The van der Waals surface area contributed by atoms with E-state index >= 15 is 0 Å². The van der Waals surface area contributed by atoms with Crippen molar-refractivity contribution >= 4 is 11.0 Å². The molecule has 0 aliphatic carbocycles. The van der Waals surface area contributed by atoms with Crippen LogP contribution in [0.3, 0.4) is 0 Å². The number of rotatable bonds is 1. The molecule has 0 aliphatic rings. The average molecular weight is 211 g/mol. The molecule has 0 atom stereocenters. The predicted molar refractivity (Wildman–Crippen MR) is 65.4 cm³/mol. The Kier molecular flexibility index (Phi) is 1.86. The minimum absolute atomic E-state index is 0.909. The second-order valence-corrected chi connectivity index (χ2v) is 4.11. The van der Waals surface area contributed by atoms with Crippen LogP contribution >= 0.6 is 0 Å². The van der Waals surface area contributed by atoms with Gasteiger partial charge in [0.15, 0.2) is 5.82 Å². The summed E-state index contributed by atoms with van der Waals surface area (Å²) in [5, 5.41) is 0. The lowest BCUT2D eigenvalue weighted by atomic mass is 10.2. The molecule has 80 valence electrons. The first-order chi connectivity index (χ1) is 7.74. The van der Waals surface area contributed by atoms with Gasteiger partial charge in [0.05, 0.1) is 16.7 Å². The van der Waals surface area contributed by atoms with Crippen molar-refractivity contribution in [2.24, 2.45) is 0 Å². The second kappa shape index (κ2) is 3.23. The van der Waals surface area contributed by atoms with E-state index in [1.807, 2.05) is 24.3 Å². The standard InChI is InChI=1S/C13H13N3/c1-8-7-9(2)14-12(8)13-15-10-5-3-4-6-11(10)16-13/h3-7,14H,1-2H3,(H,15,16). The summed E-state index contributed by atoms with van der Waals surface area (Å²) < 4.78 is 0. The van der Waals surface area contributed by atoms with E-state index in [-0.39, 0.29) is 0 Å². The number of H-pyrrole nitrogens is 2. The van der Waals surface area contributed by atoms with Crippen LogP contribution in [0.5, 0.6) is 0 Å². The molecule has 2 heterocycles. The number of aromatic amines is 2. The van der Waals surface area contributed by atoms with Gasteiger partial charge in [-0.2, -0.15) is 0 Å². The number of fused-ring (bicyclic) bond motifs is 1. The molecule has 0 saturated heterocycles. The number of aromatic nitrogens is 3. The zero-order valence-corrected chi connectivity index (χ0v) is 9.33. The molecule has 3 aromatic rings. The van der Waals surface area contributed by atoms with Gasteiger partial charge in [-0.25, -0.2) is 4.98 Å². The van der Waals surface area contributed by atoms with Gasteiger partial charge in [0, 0.05) is 5.69 Å². The molecule has 2 N–H and O–H groups in total. The van der Waals surface area contributed by atoms with Crippen molar-refractivity contribution in [2.75, 3.05) is 0 Å². The van der Waals surface area contributed by atoms with E-state index in [0.717, 1.165) is 28.2 Å². The molecule has 1 aromatic carbocycles. The molecule has 16 heavy (non-hydrogen) atoms. The molecule has 3 rings (SSSR count). The molecule has 0 spiro atoms. The van der Waals surface area contributed by atoms with Gasteiger partial charge in [-0.15, -0.1) is 0 Å². The maximum Gasteiger partial charge on any atom is 0.155 e. The Morgan fingerprint density at radius 1 is 1.06 bits per heavy atom. The predicted octanol–water partition coefficient (Wildman–Crippen LogP) is 3.17. The second-order valence-electron chi connectivity index (χ2n) is 4.11. The molecule has 0 aliphatic heterocycles. The van der Waals surface area contributed by atoms with Gasteiger partial charge in [-0.1, -0.05) is 12.1 Å². The monoisotopic (exact) mass is 211 g/mol. The third-order valence-corrected chi connectivity index (χ3v) is 2.78. The highest BCUT2D eigenvalue weighted by atomic mass is 15.0. The SMILES string of the molecule is Cc1cc(C)c(-c2nc3ccccc3[nH]2)[nH]1. The molecular formula is C13H13N3. The first-order valence-electron chi connectivity index (χ1n) is 5.35. The van der Waals surface area contributed by atoms with E-state index in [2.05, 4.69) is 34.9 Å². The lowest BCUT2D eigenvalue weighted by Gasteiger charge is -1.93. The van der Waals surface area contributed by atoms with Crippen molar-refractivity contribution in [1.29, 1.82) is 0 Å². The van der Waals surface area contributed by atoms with Crippen LogP contribution in [0, 0.1) is 13.8 Å². The Labute approximate surface area is 93.5 Å². The number of nitrogens with zero attached hydrogens (tertiary/aromatic N) is 1. The number of hydrogen-bond donors (Lipinski definition) is 2. The summed E-state index contributed by atoms with van der Waals surface area (Å²) in [6, 6.07) is 10.2. The minimum atomic E-state index is 0.909. The molecule has 0 unspecified atom stereocenters. The molecule has 0 radical (unpaired) electrons. The van der Waals surface area contributed by atoms with Gasteiger partial charge in [-0.05, 0) is 37.6 Å². The largest absolute Gasteiger partial charge is 0.356 e. The number of imidazole rings is 1. The fourth-order valence-corrected chi connectivity index (χ4v) is 2.05. The van der Waals surface area contributed by atoms with E-state index in [1.165, 1.54) is 5.56 Å². The lowest BCUT2D eigenvalue weighted by Crippen LogP contribution is -1.82. The molecule has 0 saturated carbocycles. The van der Waals surface area contributed by atoms with Crippen molar-refractivity contribution in [2.45, 2.75) is 13.8 Å². The van der Waals surface area contributed by atoms with Crippen LogP contribution in [0.25, 0.3) is 22.6 Å². The number of para-hydroxylation sites is 2. The van der Waals surface area contributed by atoms with Crippen molar-refractivity contribution in [1.82, 2.24) is 15.0 Å². The fraction of sp³-hybridized carbons (Fsp3) is 0.154. The van der Waals surface area contributed by atoms with Crippen LogP contribution in [-0.4, -0.2) is 15.0 Å². The minimum Gasteiger partial charge on any atom is -0.356 e. The molecule has 0 amide bonds. The third kappa shape index (κ3) is 1.33. The number of hydrogen-bond acceptors (Lipinski definition) is 1. The molecular weight excluding hydrogens is 198 g/mol. The Hall–Kier alpha value is -2.03. The Morgan fingerprint density at radius 3 is 2.56 bits per heavy atom. The highest BCUT2D eigenvalue weighted by molar-refractivity contribution is 5.79. The van der Waals surface area contributed by atoms with Crippen LogP contribution in [0.15, 0.2) is 30.3 Å². The zero-order valence-electron chi connectivity index (χ0n) is 9.33. The average Bonchev–Trinajstić information content (AvgIpc) is 2.81. The summed E-state index contributed by atoms with van der Waals surface area (Å²) in [7, 11) is 0. The Bertz CT molecular complexity index is 613. The van der Waals surface area contributed by atoms with Gasteiger partial charge in [0.25, 0.3) is 0 Å². The first kappa shape index (κ1) is 9.21. The van der Waals surface area contributed by atoms with Crippen molar-refractivity contribution in [3.8, 4) is 11.5 Å². The number of aryl methyl sites for hydroxylation is 2. The smallest absolute Gasteiger partial charge is 0.155 e. The first-order valence-corrected chi connectivity index (χ1v) is 5.35. The maximum atomic E-state index is 4.57. The van der Waals surface area contributed by atoms with Gasteiger partial charge in [-0.3, -0.25) is 0 Å².